The summed E-state index contributed by atoms with van der Waals surface area (Å²) in [6.45, 7) is 0. The highest BCUT2D eigenvalue weighted by molar-refractivity contribution is 5.94. The quantitative estimate of drug-likeness (QED) is 0.711. The molecule has 82 valence electrons. The van der Waals surface area contributed by atoms with Gasteiger partial charge in [-0.05, 0) is 17.7 Å². The third-order valence-corrected chi connectivity index (χ3v) is 2.20. The predicted molar refractivity (Wildman–Crippen MR) is 57.8 cm³/mol. The van der Waals surface area contributed by atoms with Crippen molar-refractivity contribution in [1.29, 1.82) is 0 Å². The number of nitrogens with zero attached hydrogens (tertiary/aromatic N) is 3. The monoisotopic (exact) mass is 217 g/mol. The van der Waals surface area contributed by atoms with Gasteiger partial charge in [-0.15, -0.1) is 0 Å². The molecule has 0 aromatic carbocycles. The maximum atomic E-state index is 11.5. The molecule has 0 bridgehead atoms. The fourth-order valence-corrected chi connectivity index (χ4v) is 1.48. The summed E-state index contributed by atoms with van der Waals surface area (Å²) in [5.41, 5.74) is 1.96. The van der Waals surface area contributed by atoms with Gasteiger partial charge < -0.3 is 4.74 Å². The van der Waals surface area contributed by atoms with Crippen molar-refractivity contribution < 1.29 is 9.53 Å². The smallest absolute Gasteiger partial charge is 0.359 e. The largest absolute Gasteiger partial charge is 0.464 e. The van der Waals surface area contributed by atoms with Gasteiger partial charge in [-0.3, -0.25) is 9.67 Å². The highest BCUT2D eigenvalue weighted by atomic mass is 16.5. The van der Waals surface area contributed by atoms with Crippen molar-refractivity contribution in [1.82, 2.24) is 14.8 Å². The van der Waals surface area contributed by atoms with Crippen molar-refractivity contribution in [2.45, 2.75) is 0 Å². The van der Waals surface area contributed by atoms with E-state index in [0.717, 1.165) is 11.1 Å². The number of ether oxygens (including phenoxy) is 1. The minimum atomic E-state index is -0.438. The lowest BCUT2D eigenvalue weighted by Crippen LogP contribution is -2.04. The minimum absolute atomic E-state index is 0.316. The lowest BCUT2D eigenvalue weighted by Gasteiger charge is -1.99. The van der Waals surface area contributed by atoms with Crippen molar-refractivity contribution in [3.63, 3.8) is 0 Å². The van der Waals surface area contributed by atoms with E-state index in [1.54, 1.807) is 30.3 Å². The highest BCUT2D eigenvalue weighted by Crippen LogP contribution is 2.22. The van der Waals surface area contributed by atoms with Gasteiger partial charge in [-0.2, -0.15) is 5.10 Å². The van der Waals surface area contributed by atoms with Crippen LogP contribution in [0.3, 0.4) is 0 Å². The van der Waals surface area contributed by atoms with Crippen molar-refractivity contribution in [2.24, 2.45) is 7.05 Å². The van der Waals surface area contributed by atoms with Crippen LogP contribution in [-0.2, 0) is 11.8 Å². The van der Waals surface area contributed by atoms with Gasteiger partial charge in [0, 0.05) is 31.2 Å². The Morgan fingerprint density at radius 2 is 2.06 bits per heavy atom. The summed E-state index contributed by atoms with van der Waals surface area (Å²) in [6.07, 6.45) is 5.12. The Balaban J connectivity index is 2.53. The fourth-order valence-electron chi connectivity index (χ4n) is 1.48. The maximum absolute atomic E-state index is 11.5. The van der Waals surface area contributed by atoms with Crippen LogP contribution in [0.4, 0.5) is 0 Å². The number of hydrogen-bond donors (Lipinski definition) is 0. The lowest BCUT2D eigenvalue weighted by atomic mass is 10.1. The number of methoxy groups -OCH3 is 1. The number of carbonyl (C=O) groups is 1. The average Bonchev–Trinajstić information content (AvgIpc) is 2.71. The number of pyridine rings is 1. The second kappa shape index (κ2) is 4.14. The van der Waals surface area contributed by atoms with E-state index in [4.69, 9.17) is 0 Å². The Hall–Kier alpha value is -2.17. The molecule has 0 aliphatic heterocycles. The van der Waals surface area contributed by atoms with Crippen LogP contribution in [0, 0.1) is 0 Å². The van der Waals surface area contributed by atoms with E-state index in [1.165, 1.54) is 7.11 Å². The predicted octanol–water partition coefficient (Wildman–Crippen LogP) is 1.27. The second-order valence-corrected chi connectivity index (χ2v) is 3.29. The maximum Gasteiger partial charge on any atom is 0.359 e. The van der Waals surface area contributed by atoms with Gasteiger partial charge in [0.25, 0.3) is 0 Å². The first-order valence-electron chi connectivity index (χ1n) is 4.74. The number of aryl methyl sites for hydroxylation is 1. The van der Waals surface area contributed by atoms with Crippen molar-refractivity contribution >= 4 is 5.97 Å². The Morgan fingerprint density at radius 3 is 2.69 bits per heavy atom. The first-order valence-corrected chi connectivity index (χ1v) is 4.74. The van der Waals surface area contributed by atoms with Gasteiger partial charge in [0.15, 0.2) is 5.69 Å². The van der Waals surface area contributed by atoms with Crippen LogP contribution in [0.5, 0.6) is 0 Å². The number of hydrogen-bond acceptors (Lipinski definition) is 4. The second-order valence-electron chi connectivity index (χ2n) is 3.29. The molecule has 5 nitrogen and oxygen atoms in total. The number of carbonyl (C=O) groups excluding carboxylic acids is 1. The van der Waals surface area contributed by atoms with Gasteiger partial charge in [0.2, 0.25) is 0 Å². The number of rotatable bonds is 2. The van der Waals surface area contributed by atoms with E-state index < -0.39 is 5.97 Å². The zero-order valence-electron chi connectivity index (χ0n) is 9.04. The summed E-state index contributed by atoms with van der Waals surface area (Å²) in [5, 5.41) is 4.08. The normalized spacial score (nSPS) is 10.1. The molecule has 0 atom stereocenters. The first-order chi connectivity index (χ1) is 7.72. The third-order valence-electron chi connectivity index (χ3n) is 2.20. The van der Waals surface area contributed by atoms with Crippen LogP contribution in [0.25, 0.3) is 11.1 Å². The Kier molecular flexibility index (Phi) is 2.68. The Labute approximate surface area is 92.7 Å². The molecule has 16 heavy (non-hydrogen) atoms. The van der Waals surface area contributed by atoms with Crippen LogP contribution in [0.1, 0.15) is 10.5 Å². The van der Waals surface area contributed by atoms with Crippen molar-refractivity contribution in [2.75, 3.05) is 7.11 Å². The van der Waals surface area contributed by atoms with E-state index in [0.29, 0.717) is 5.69 Å². The topological polar surface area (TPSA) is 57.0 Å². The standard InChI is InChI=1S/C11H11N3O2/c1-14-7-9(8-3-5-12-6-4-8)10(13-14)11(15)16-2/h3-7H,1-2H3. The molecule has 0 saturated carbocycles. The van der Waals surface area contributed by atoms with Gasteiger partial charge in [0.05, 0.1) is 7.11 Å². The van der Waals surface area contributed by atoms with Crippen LogP contribution >= 0.6 is 0 Å². The summed E-state index contributed by atoms with van der Waals surface area (Å²) >= 11 is 0. The van der Waals surface area contributed by atoms with E-state index >= 15 is 0 Å². The fraction of sp³-hybridized carbons (Fsp3) is 0.182. The Morgan fingerprint density at radius 1 is 1.38 bits per heavy atom. The zero-order chi connectivity index (χ0) is 11.5. The van der Waals surface area contributed by atoms with Gasteiger partial charge >= 0.3 is 5.97 Å². The van der Waals surface area contributed by atoms with E-state index in [2.05, 4.69) is 14.8 Å². The molecule has 2 heterocycles. The SMILES string of the molecule is COC(=O)c1nn(C)cc1-c1ccncc1. The molecule has 0 fully saturated rings. The molecule has 5 heteroatoms. The summed E-state index contributed by atoms with van der Waals surface area (Å²) in [6, 6.07) is 3.65. The molecule has 0 spiro atoms. The van der Waals surface area contributed by atoms with Crippen molar-refractivity contribution in [3.05, 3.63) is 36.4 Å². The lowest BCUT2D eigenvalue weighted by molar-refractivity contribution is 0.0594. The summed E-state index contributed by atoms with van der Waals surface area (Å²) in [7, 11) is 3.10. The van der Waals surface area contributed by atoms with Gasteiger partial charge in [-0.1, -0.05) is 0 Å². The third kappa shape index (κ3) is 1.79. The summed E-state index contributed by atoms with van der Waals surface area (Å²) in [5.74, 6) is -0.438. The molecule has 0 amide bonds. The molecule has 2 aromatic heterocycles. The summed E-state index contributed by atoms with van der Waals surface area (Å²) < 4.78 is 6.27. The molecular formula is C11H11N3O2. The number of aromatic nitrogens is 3. The molecule has 0 saturated heterocycles. The average molecular weight is 217 g/mol. The highest BCUT2D eigenvalue weighted by Gasteiger charge is 2.17. The molecule has 0 unspecified atom stereocenters. The number of esters is 1. The van der Waals surface area contributed by atoms with Crippen LogP contribution in [0.15, 0.2) is 30.7 Å². The zero-order valence-corrected chi connectivity index (χ0v) is 9.04. The molecule has 0 radical (unpaired) electrons. The van der Waals surface area contributed by atoms with Gasteiger partial charge in [-0.25, -0.2) is 4.79 Å². The molecular weight excluding hydrogens is 206 g/mol. The van der Waals surface area contributed by atoms with E-state index in [-0.39, 0.29) is 0 Å². The van der Waals surface area contributed by atoms with Crippen LogP contribution < -0.4 is 0 Å². The summed E-state index contributed by atoms with van der Waals surface area (Å²) in [4.78, 5) is 15.4. The molecule has 0 N–H and O–H groups in total. The van der Waals surface area contributed by atoms with E-state index in [1.807, 2.05) is 12.1 Å². The molecule has 0 aliphatic rings. The first kappa shape index (κ1) is 10.4. The van der Waals surface area contributed by atoms with Gasteiger partial charge in [0.1, 0.15) is 0 Å². The molecule has 2 rings (SSSR count). The van der Waals surface area contributed by atoms with Crippen molar-refractivity contribution in [3.8, 4) is 11.1 Å². The Bertz CT molecular complexity index is 505. The minimum Gasteiger partial charge on any atom is -0.464 e. The van der Waals surface area contributed by atoms with Crippen LogP contribution in [0.2, 0.25) is 0 Å². The van der Waals surface area contributed by atoms with Crippen LogP contribution in [-0.4, -0.2) is 27.8 Å². The molecule has 2 aromatic rings. The molecule has 0 aliphatic carbocycles. The van der Waals surface area contributed by atoms with E-state index in [9.17, 15) is 4.79 Å².